The molecule has 0 saturated carbocycles. The predicted octanol–water partition coefficient (Wildman–Crippen LogP) is 3.01. The Balaban J connectivity index is 3.98. The lowest BCUT2D eigenvalue weighted by Crippen LogP contribution is -2.42. The summed E-state index contributed by atoms with van der Waals surface area (Å²) in [6, 6.07) is 1.04. The smallest absolute Gasteiger partial charge is 0.0167 e. The lowest BCUT2D eigenvalue weighted by atomic mass is 10.1. The number of nitrogens with zero attached hydrogens (tertiary/aromatic N) is 1. The van der Waals surface area contributed by atoms with Gasteiger partial charge in [-0.2, -0.15) is 0 Å². The molecule has 2 heteroatoms. The average molecular weight is 214 g/mol. The Morgan fingerprint density at radius 1 is 1.13 bits per heavy atom. The van der Waals surface area contributed by atoms with Crippen LogP contribution in [0.1, 0.15) is 59.8 Å². The number of hydrogen-bond donors (Lipinski definition) is 1. The van der Waals surface area contributed by atoms with Gasteiger partial charge in [0.15, 0.2) is 0 Å². The molecule has 0 heterocycles. The van der Waals surface area contributed by atoms with E-state index < -0.39 is 0 Å². The maximum Gasteiger partial charge on any atom is 0.0167 e. The van der Waals surface area contributed by atoms with E-state index in [9.17, 15) is 0 Å². The maximum absolute atomic E-state index is 6.11. The first kappa shape index (κ1) is 14.9. The van der Waals surface area contributed by atoms with Gasteiger partial charge in [-0.1, -0.05) is 33.6 Å². The first-order chi connectivity index (χ1) is 7.15. The molecular formula is C13H30N2. The topological polar surface area (TPSA) is 29.3 Å². The molecule has 0 spiro atoms. The van der Waals surface area contributed by atoms with Gasteiger partial charge in [-0.25, -0.2) is 0 Å². The highest BCUT2D eigenvalue weighted by atomic mass is 15.2. The van der Waals surface area contributed by atoms with Crippen molar-refractivity contribution in [3.8, 4) is 0 Å². The SMILES string of the molecule is CCCCN(CC(N)CCC)C(C)CC. The molecule has 0 aromatic rings. The fourth-order valence-electron chi connectivity index (χ4n) is 1.87. The van der Waals surface area contributed by atoms with Crippen molar-refractivity contribution in [2.75, 3.05) is 13.1 Å². The van der Waals surface area contributed by atoms with Crippen molar-refractivity contribution < 1.29 is 0 Å². The third kappa shape index (κ3) is 6.91. The van der Waals surface area contributed by atoms with Gasteiger partial charge >= 0.3 is 0 Å². The molecule has 0 aliphatic heterocycles. The van der Waals surface area contributed by atoms with Crippen molar-refractivity contribution >= 4 is 0 Å². The Bertz CT molecular complexity index is 136. The summed E-state index contributed by atoms with van der Waals surface area (Å²) in [5, 5.41) is 0. The molecule has 15 heavy (non-hydrogen) atoms. The molecule has 0 fully saturated rings. The second-order valence-corrected chi connectivity index (χ2v) is 4.65. The monoisotopic (exact) mass is 214 g/mol. The molecule has 2 nitrogen and oxygen atoms in total. The highest BCUT2D eigenvalue weighted by Crippen LogP contribution is 2.08. The molecule has 0 saturated heterocycles. The van der Waals surface area contributed by atoms with Gasteiger partial charge in [-0.05, 0) is 32.7 Å². The fraction of sp³-hybridized carbons (Fsp3) is 1.00. The second-order valence-electron chi connectivity index (χ2n) is 4.65. The Morgan fingerprint density at radius 2 is 1.80 bits per heavy atom. The lowest BCUT2D eigenvalue weighted by molar-refractivity contribution is 0.186. The van der Waals surface area contributed by atoms with Crippen LogP contribution in [0.15, 0.2) is 0 Å². The molecule has 0 aliphatic rings. The van der Waals surface area contributed by atoms with Crippen LogP contribution in [0, 0.1) is 0 Å². The highest BCUT2D eigenvalue weighted by Gasteiger charge is 2.14. The molecule has 2 atom stereocenters. The quantitative estimate of drug-likeness (QED) is 0.639. The zero-order valence-electron chi connectivity index (χ0n) is 11.1. The summed E-state index contributed by atoms with van der Waals surface area (Å²) in [4.78, 5) is 2.56. The van der Waals surface area contributed by atoms with Gasteiger partial charge in [0, 0.05) is 18.6 Å². The van der Waals surface area contributed by atoms with Crippen LogP contribution in [0.25, 0.3) is 0 Å². The molecule has 0 rings (SSSR count). The summed E-state index contributed by atoms with van der Waals surface area (Å²) < 4.78 is 0. The molecule has 92 valence electrons. The van der Waals surface area contributed by atoms with Gasteiger partial charge in [0.1, 0.15) is 0 Å². The second kappa shape index (κ2) is 9.17. The van der Waals surface area contributed by atoms with E-state index in [2.05, 4.69) is 32.6 Å². The zero-order chi connectivity index (χ0) is 11.7. The number of nitrogens with two attached hydrogens (primary N) is 1. The van der Waals surface area contributed by atoms with Crippen LogP contribution in [-0.2, 0) is 0 Å². The van der Waals surface area contributed by atoms with Crippen LogP contribution < -0.4 is 5.73 Å². The summed E-state index contributed by atoms with van der Waals surface area (Å²) in [6.45, 7) is 11.3. The van der Waals surface area contributed by atoms with Crippen LogP contribution in [0.3, 0.4) is 0 Å². The molecule has 0 aromatic carbocycles. The van der Waals surface area contributed by atoms with Crippen LogP contribution >= 0.6 is 0 Å². The zero-order valence-corrected chi connectivity index (χ0v) is 11.1. The van der Waals surface area contributed by atoms with Gasteiger partial charge in [0.05, 0.1) is 0 Å². The first-order valence-electron chi connectivity index (χ1n) is 6.65. The van der Waals surface area contributed by atoms with E-state index in [1.54, 1.807) is 0 Å². The molecule has 2 N–H and O–H groups in total. The summed E-state index contributed by atoms with van der Waals surface area (Å²) in [6.07, 6.45) is 6.14. The van der Waals surface area contributed by atoms with Crippen molar-refractivity contribution in [1.82, 2.24) is 4.90 Å². The van der Waals surface area contributed by atoms with E-state index in [1.807, 2.05) is 0 Å². The molecule has 0 bridgehead atoms. The Labute approximate surface area is 96.2 Å². The largest absolute Gasteiger partial charge is 0.327 e. The third-order valence-corrected chi connectivity index (χ3v) is 3.14. The molecule has 0 radical (unpaired) electrons. The standard InChI is InChI=1S/C13H30N2/c1-5-8-10-15(12(4)7-3)11-13(14)9-6-2/h12-13H,5-11,14H2,1-4H3. The van der Waals surface area contributed by atoms with Gasteiger partial charge in [-0.15, -0.1) is 0 Å². The molecule has 0 aliphatic carbocycles. The number of unbranched alkanes of at least 4 members (excludes halogenated alkanes) is 1. The minimum atomic E-state index is 0.362. The van der Waals surface area contributed by atoms with Crippen molar-refractivity contribution in [3.05, 3.63) is 0 Å². The third-order valence-electron chi connectivity index (χ3n) is 3.14. The summed E-state index contributed by atoms with van der Waals surface area (Å²) in [5.41, 5.74) is 6.11. The van der Waals surface area contributed by atoms with E-state index in [4.69, 9.17) is 5.73 Å². The molecule has 0 aromatic heterocycles. The maximum atomic E-state index is 6.11. The Kier molecular flexibility index (Phi) is 9.12. The minimum Gasteiger partial charge on any atom is -0.327 e. The van der Waals surface area contributed by atoms with Crippen molar-refractivity contribution in [3.63, 3.8) is 0 Å². The molecule has 0 amide bonds. The number of hydrogen-bond acceptors (Lipinski definition) is 2. The van der Waals surface area contributed by atoms with Crippen LogP contribution in [0.2, 0.25) is 0 Å². The lowest BCUT2D eigenvalue weighted by Gasteiger charge is -2.30. The summed E-state index contributed by atoms with van der Waals surface area (Å²) in [5.74, 6) is 0. The van der Waals surface area contributed by atoms with Gasteiger partial charge in [0.2, 0.25) is 0 Å². The van der Waals surface area contributed by atoms with E-state index in [0.29, 0.717) is 12.1 Å². The van der Waals surface area contributed by atoms with E-state index >= 15 is 0 Å². The summed E-state index contributed by atoms with van der Waals surface area (Å²) in [7, 11) is 0. The fourth-order valence-corrected chi connectivity index (χ4v) is 1.87. The van der Waals surface area contributed by atoms with E-state index in [-0.39, 0.29) is 0 Å². The van der Waals surface area contributed by atoms with Crippen molar-refractivity contribution in [1.29, 1.82) is 0 Å². The first-order valence-corrected chi connectivity index (χ1v) is 6.65. The molecular weight excluding hydrogens is 184 g/mol. The highest BCUT2D eigenvalue weighted by molar-refractivity contribution is 4.72. The Morgan fingerprint density at radius 3 is 2.27 bits per heavy atom. The van der Waals surface area contributed by atoms with E-state index in [0.717, 1.165) is 13.0 Å². The van der Waals surface area contributed by atoms with Crippen LogP contribution in [-0.4, -0.2) is 30.1 Å². The van der Waals surface area contributed by atoms with Crippen LogP contribution in [0.4, 0.5) is 0 Å². The number of rotatable bonds is 9. The average Bonchev–Trinajstić information content (AvgIpc) is 2.23. The molecule has 2 unspecified atom stereocenters. The van der Waals surface area contributed by atoms with Gasteiger partial charge in [-0.3, -0.25) is 4.90 Å². The van der Waals surface area contributed by atoms with Gasteiger partial charge in [0.25, 0.3) is 0 Å². The van der Waals surface area contributed by atoms with Crippen molar-refractivity contribution in [2.24, 2.45) is 5.73 Å². The normalized spacial score (nSPS) is 15.6. The van der Waals surface area contributed by atoms with Gasteiger partial charge < -0.3 is 5.73 Å². The Hall–Kier alpha value is -0.0800. The van der Waals surface area contributed by atoms with Crippen molar-refractivity contribution in [2.45, 2.75) is 71.9 Å². The van der Waals surface area contributed by atoms with E-state index in [1.165, 1.54) is 32.2 Å². The predicted molar refractivity (Wildman–Crippen MR) is 69.1 cm³/mol. The van der Waals surface area contributed by atoms with Crippen LogP contribution in [0.5, 0.6) is 0 Å². The minimum absolute atomic E-state index is 0.362. The summed E-state index contributed by atoms with van der Waals surface area (Å²) >= 11 is 0.